The molecule has 0 radical (unpaired) electrons. The minimum atomic E-state index is -0.405. The van der Waals surface area contributed by atoms with E-state index in [1.807, 2.05) is 12.1 Å². The number of para-hydroxylation sites is 2. The Balaban J connectivity index is 1.57. The van der Waals surface area contributed by atoms with E-state index in [1.165, 1.54) is 17.3 Å². The van der Waals surface area contributed by atoms with Crippen molar-refractivity contribution in [1.29, 1.82) is 0 Å². The Morgan fingerprint density at radius 1 is 1.14 bits per heavy atom. The fourth-order valence-electron chi connectivity index (χ4n) is 2.65. The first kappa shape index (κ1) is 13.6. The van der Waals surface area contributed by atoms with Crippen molar-refractivity contribution in [3.8, 4) is 0 Å². The van der Waals surface area contributed by atoms with Gasteiger partial charge in [0, 0.05) is 25.2 Å². The summed E-state index contributed by atoms with van der Waals surface area (Å²) in [6.45, 7) is 1.59. The van der Waals surface area contributed by atoms with Crippen molar-refractivity contribution in [1.82, 2.24) is 0 Å². The normalized spacial score (nSPS) is 13.1. The zero-order chi connectivity index (χ0) is 14.7. The van der Waals surface area contributed by atoms with Crippen LogP contribution in [0.25, 0.3) is 0 Å². The molecule has 21 heavy (non-hydrogen) atoms. The van der Waals surface area contributed by atoms with Crippen LogP contribution in [-0.4, -0.2) is 19.0 Å². The standard InChI is InChI=1S/C17H17FN2O/c18-14-6-2-3-7-15(14)19-17(21)10-12-20-11-9-13-5-1-4-8-16(13)20/h1-8H,9-12H2,(H,19,21). The van der Waals surface area contributed by atoms with Gasteiger partial charge in [-0.1, -0.05) is 30.3 Å². The van der Waals surface area contributed by atoms with Gasteiger partial charge in [-0.2, -0.15) is 0 Å². The molecule has 3 rings (SSSR count). The van der Waals surface area contributed by atoms with E-state index in [0.717, 1.165) is 13.0 Å². The summed E-state index contributed by atoms with van der Waals surface area (Å²) in [5, 5.41) is 2.62. The highest BCUT2D eigenvalue weighted by atomic mass is 19.1. The highest BCUT2D eigenvalue weighted by molar-refractivity contribution is 5.91. The van der Waals surface area contributed by atoms with Crippen LogP contribution in [0, 0.1) is 5.82 Å². The van der Waals surface area contributed by atoms with Crippen molar-refractivity contribution in [2.45, 2.75) is 12.8 Å². The quantitative estimate of drug-likeness (QED) is 0.935. The zero-order valence-corrected chi connectivity index (χ0v) is 11.7. The minimum absolute atomic E-state index is 0.163. The molecule has 0 aromatic heterocycles. The maximum atomic E-state index is 13.5. The van der Waals surface area contributed by atoms with Gasteiger partial charge in [-0.05, 0) is 30.2 Å². The van der Waals surface area contributed by atoms with Crippen molar-refractivity contribution >= 4 is 17.3 Å². The number of hydrogen-bond acceptors (Lipinski definition) is 2. The van der Waals surface area contributed by atoms with Gasteiger partial charge in [0.25, 0.3) is 0 Å². The Hall–Kier alpha value is -2.36. The molecule has 0 fully saturated rings. The van der Waals surface area contributed by atoms with Gasteiger partial charge in [-0.15, -0.1) is 0 Å². The summed E-state index contributed by atoms with van der Waals surface area (Å²) in [6.07, 6.45) is 1.37. The van der Waals surface area contributed by atoms with Crippen molar-refractivity contribution < 1.29 is 9.18 Å². The lowest BCUT2D eigenvalue weighted by Gasteiger charge is -2.19. The predicted octanol–water partition coefficient (Wildman–Crippen LogP) is 3.22. The van der Waals surface area contributed by atoms with Crippen LogP contribution in [0.5, 0.6) is 0 Å². The number of nitrogens with zero attached hydrogens (tertiary/aromatic N) is 1. The van der Waals surface area contributed by atoms with Crippen molar-refractivity contribution in [2.75, 3.05) is 23.3 Å². The molecule has 0 unspecified atom stereocenters. The Morgan fingerprint density at radius 2 is 1.90 bits per heavy atom. The second kappa shape index (κ2) is 5.95. The fourth-order valence-corrected chi connectivity index (χ4v) is 2.65. The van der Waals surface area contributed by atoms with E-state index in [2.05, 4.69) is 22.3 Å². The third-order valence-electron chi connectivity index (χ3n) is 3.74. The molecule has 0 spiro atoms. The second-order valence-electron chi connectivity index (χ2n) is 5.14. The summed E-state index contributed by atoms with van der Waals surface area (Å²) < 4.78 is 13.5. The number of carbonyl (C=O) groups excluding carboxylic acids is 1. The van der Waals surface area contributed by atoms with Crippen molar-refractivity contribution in [3.05, 3.63) is 59.9 Å². The molecule has 4 heteroatoms. The largest absolute Gasteiger partial charge is 0.370 e. The van der Waals surface area contributed by atoms with Crippen LogP contribution in [0.3, 0.4) is 0 Å². The van der Waals surface area contributed by atoms with E-state index < -0.39 is 5.82 Å². The predicted molar refractivity (Wildman–Crippen MR) is 82.0 cm³/mol. The minimum Gasteiger partial charge on any atom is -0.370 e. The van der Waals surface area contributed by atoms with E-state index in [0.29, 0.717) is 13.0 Å². The van der Waals surface area contributed by atoms with Crippen LogP contribution < -0.4 is 10.2 Å². The number of carbonyl (C=O) groups is 1. The Kier molecular flexibility index (Phi) is 3.86. The van der Waals surface area contributed by atoms with Gasteiger partial charge in [0.2, 0.25) is 5.91 Å². The summed E-state index contributed by atoms with van der Waals surface area (Å²) in [5.74, 6) is -0.568. The van der Waals surface area contributed by atoms with Crippen molar-refractivity contribution in [3.63, 3.8) is 0 Å². The van der Waals surface area contributed by atoms with Crippen LogP contribution in [0.15, 0.2) is 48.5 Å². The lowest BCUT2D eigenvalue weighted by atomic mass is 10.2. The molecule has 0 saturated carbocycles. The zero-order valence-electron chi connectivity index (χ0n) is 11.7. The maximum Gasteiger partial charge on any atom is 0.226 e. The number of nitrogens with one attached hydrogen (secondary N) is 1. The lowest BCUT2D eigenvalue weighted by Crippen LogP contribution is -2.26. The summed E-state index contributed by atoms with van der Waals surface area (Å²) in [5.41, 5.74) is 2.77. The number of benzene rings is 2. The SMILES string of the molecule is O=C(CCN1CCc2ccccc21)Nc1ccccc1F. The van der Waals surface area contributed by atoms with Crippen molar-refractivity contribution in [2.24, 2.45) is 0 Å². The Bertz CT molecular complexity index is 657. The molecule has 3 nitrogen and oxygen atoms in total. The molecule has 1 aliphatic heterocycles. The van der Waals surface area contributed by atoms with Crippen LogP contribution in [0.2, 0.25) is 0 Å². The van der Waals surface area contributed by atoms with Gasteiger partial charge >= 0.3 is 0 Å². The molecule has 1 heterocycles. The highest BCUT2D eigenvalue weighted by Crippen LogP contribution is 2.27. The van der Waals surface area contributed by atoms with E-state index in [1.54, 1.807) is 18.2 Å². The van der Waals surface area contributed by atoms with Gasteiger partial charge in [-0.25, -0.2) is 4.39 Å². The lowest BCUT2D eigenvalue weighted by molar-refractivity contribution is -0.116. The molecular formula is C17H17FN2O. The van der Waals surface area contributed by atoms with Gasteiger partial charge in [0.15, 0.2) is 0 Å². The number of fused-ring (bicyclic) bond motifs is 1. The third-order valence-corrected chi connectivity index (χ3v) is 3.74. The smallest absolute Gasteiger partial charge is 0.226 e. The second-order valence-corrected chi connectivity index (χ2v) is 5.14. The number of rotatable bonds is 4. The van der Waals surface area contributed by atoms with E-state index in [9.17, 15) is 9.18 Å². The number of amides is 1. The fraction of sp³-hybridized carbons (Fsp3) is 0.235. The molecule has 108 valence electrons. The number of hydrogen-bond donors (Lipinski definition) is 1. The first-order chi connectivity index (χ1) is 10.2. The third kappa shape index (κ3) is 3.05. The monoisotopic (exact) mass is 284 g/mol. The van der Waals surface area contributed by atoms with E-state index in [-0.39, 0.29) is 11.6 Å². The topological polar surface area (TPSA) is 32.3 Å². The van der Waals surface area contributed by atoms with Gasteiger partial charge in [0.1, 0.15) is 5.82 Å². The molecule has 0 atom stereocenters. The van der Waals surface area contributed by atoms with Crippen LogP contribution in [-0.2, 0) is 11.2 Å². The first-order valence-electron chi connectivity index (χ1n) is 7.11. The van der Waals surface area contributed by atoms with Crippen LogP contribution in [0.1, 0.15) is 12.0 Å². The summed E-state index contributed by atoms with van der Waals surface area (Å²) in [7, 11) is 0. The molecule has 1 aliphatic rings. The molecule has 0 aliphatic carbocycles. The molecule has 0 saturated heterocycles. The molecule has 1 N–H and O–H groups in total. The molecule has 2 aromatic rings. The Labute approximate surface area is 123 Å². The van der Waals surface area contributed by atoms with E-state index >= 15 is 0 Å². The van der Waals surface area contributed by atoms with Gasteiger partial charge in [0.05, 0.1) is 5.69 Å². The molecular weight excluding hydrogens is 267 g/mol. The molecule has 1 amide bonds. The molecule has 0 bridgehead atoms. The number of halogens is 1. The van der Waals surface area contributed by atoms with Crippen LogP contribution in [0.4, 0.5) is 15.8 Å². The summed E-state index contributed by atoms with van der Waals surface area (Å²) >= 11 is 0. The van der Waals surface area contributed by atoms with Gasteiger partial charge in [-0.3, -0.25) is 4.79 Å². The van der Waals surface area contributed by atoms with Crippen LogP contribution >= 0.6 is 0 Å². The van der Waals surface area contributed by atoms with Gasteiger partial charge < -0.3 is 10.2 Å². The highest BCUT2D eigenvalue weighted by Gasteiger charge is 2.18. The number of anilines is 2. The summed E-state index contributed by atoms with van der Waals surface area (Å²) in [4.78, 5) is 14.1. The summed E-state index contributed by atoms with van der Waals surface area (Å²) in [6, 6.07) is 14.5. The molecule has 2 aromatic carbocycles. The maximum absolute atomic E-state index is 13.5. The Morgan fingerprint density at radius 3 is 2.76 bits per heavy atom. The van der Waals surface area contributed by atoms with E-state index in [4.69, 9.17) is 0 Å². The average molecular weight is 284 g/mol. The first-order valence-corrected chi connectivity index (χ1v) is 7.11. The average Bonchev–Trinajstić information content (AvgIpc) is 2.91.